The van der Waals surface area contributed by atoms with Gasteiger partial charge in [0.15, 0.2) is 5.82 Å². The molecule has 0 amide bonds. The summed E-state index contributed by atoms with van der Waals surface area (Å²) in [5.41, 5.74) is 2.04. The number of carbonyl (C=O) groups is 1. The van der Waals surface area contributed by atoms with Crippen molar-refractivity contribution in [1.82, 2.24) is 9.78 Å². The maximum Gasteiger partial charge on any atom is 0.280 e. The third-order valence-corrected chi connectivity index (χ3v) is 4.98. The number of carbonyl (C=O) groups excluding carboxylic acids is 1. The molecule has 0 aliphatic carbocycles. The second kappa shape index (κ2) is 9.12. The van der Waals surface area contributed by atoms with Gasteiger partial charge in [-0.2, -0.15) is 4.68 Å². The monoisotopic (exact) mass is 452 g/mol. The van der Waals surface area contributed by atoms with Crippen molar-refractivity contribution < 1.29 is 9.53 Å². The number of anilines is 4. The van der Waals surface area contributed by atoms with Gasteiger partial charge in [-0.05, 0) is 72.8 Å². The van der Waals surface area contributed by atoms with Gasteiger partial charge in [-0.3, -0.25) is 4.79 Å². The Morgan fingerprint density at radius 2 is 1.39 bits per heavy atom. The Balaban J connectivity index is 1.67. The number of ether oxygens (including phenoxy) is 1. The molecule has 0 aliphatic heterocycles. The smallest absolute Gasteiger partial charge is 0.280 e. The molecule has 0 aliphatic rings. The Kier molecular flexibility index (Phi) is 6.11. The molecule has 0 radical (unpaired) electrons. The van der Waals surface area contributed by atoms with Gasteiger partial charge in [0.1, 0.15) is 11.6 Å². The summed E-state index contributed by atoms with van der Waals surface area (Å²) < 4.78 is 6.48. The Labute approximate surface area is 189 Å². The van der Waals surface area contributed by atoms with Crippen molar-refractivity contribution in [1.29, 1.82) is 0 Å². The molecule has 0 fully saturated rings. The quantitative estimate of drug-likeness (QED) is 0.355. The summed E-state index contributed by atoms with van der Waals surface area (Å²) in [6, 6.07) is 23.0. The highest BCUT2D eigenvalue weighted by molar-refractivity contribution is 6.30. The van der Waals surface area contributed by atoms with Crippen LogP contribution in [0.4, 0.5) is 23.0 Å². The topological polar surface area (TPSA) is 68.2 Å². The molecule has 6 nitrogen and oxygen atoms in total. The summed E-state index contributed by atoms with van der Waals surface area (Å²) in [5, 5.41) is 12.1. The number of benzene rings is 3. The first-order valence-electron chi connectivity index (χ1n) is 9.36. The SMILES string of the molecule is COc1ccc(C(=O)n2nc(Nc3ccc(Cl)cc3)cc2Nc2ccc(Cl)cc2)cc1. The molecule has 3 aromatic carbocycles. The van der Waals surface area contributed by atoms with E-state index in [1.165, 1.54) is 4.68 Å². The zero-order valence-corrected chi connectivity index (χ0v) is 18.0. The fourth-order valence-corrected chi connectivity index (χ4v) is 3.16. The average Bonchev–Trinajstić information content (AvgIpc) is 3.18. The van der Waals surface area contributed by atoms with Crippen LogP contribution in [-0.4, -0.2) is 22.8 Å². The molecule has 156 valence electrons. The molecular weight excluding hydrogens is 435 g/mol. The number of nitrogens with zero attached hydrogens (tertiary/aromatic N) is 2. The van der Waals surface area contributed by atoms with Crippen LogP contribution in [0.2, 0.25) is 10.0 Å². The maximum atomic E-state index is 13.2. The Morgan fingerprint density at radius 3 is 1.94 bits per heavy atom. The van der Waals surface area contributed by atoms with Gasteiger partial charge in [0.05, 0.1) is 7.11 Å². The van der Waals surface area contributed by atoms with Crippen molar-refractivity contribution in [2.24, 2.45) is 0 Å². The number of halogens is 2. The molecule has 0 unspecified atom stereocenters. The Morgan fingerprint density at radius 1 is 0.839 bits per heavy atom. The van der Waals surface area contributed by atoms with Crippen LogP contribution in [0.5, 0.6) is 5.75 Å². The van der Waals surface area contributed by atoms with Crippen LogP contribution in [-0.2, 0) is 0 Å². The number of hydrogen-bond donors (Lipinski definition) is 2. The summed E-state index contributed by atoms with van der Waals surface area (Å²) in [7, 11) is 1.58. The normalized spacial score (nSPS) is 10.5. The minimum absolute atomic E-state index is 0.289. The van der Waals surface area contributed by atoms with Crippen LogP contribution in [0.3, 0.4) is 0 Å². The van der Waals surface area contributed by atoms with Gasteiger partial charge in [-0.15, -0.1) is 5.10 Å². The lowest BCUT2D eigenvalue weighted by molar-refractivity contribution is 0.0948. The summed E-state index contributed by atoms with van der Waals surface area (Å²) >= 11 is 11.9. The largest absolute Gasteiger partial charge is 0.497 e. The van der Waals surface area contributed by atoms with Crippen LogP contribution in [0.15, 0.2) is 78.9 Å². The molecule has 4 aromatic rings. The molecule has 0 atom stereocenters. The maximum absolute atomic E-state index is 13.2. The van der Waals surface area contributed by atoms with Gasteiger partial charge < -0.3 is 15.4 Å². The molecule has 0 saturated carbocycles. The van der Waals surface area contributed by atoms with Gasteiger partial charge in [0, 0.05) is 33.0 Å². The Hall–Kier alpha value is -3.48. The number of aromatic nitrogens is 2. The highest BCUT2D eigenvalue weighted by Gasteiger charge is 2.17. The second-order valence-corrected chi connectivity index (χ2v) is 7.50. The lowest BCUT2D eigenvalue weighted by atomic mass is 10.2. The van der Waals surface area contributed by atoms with Crippen LogP contribution in [0.1, 0.15) is 10.4 Å². The standard InChI is InChI=1S/C23H18Cl2N4O2/c1-31-20-12-2-15(3-13-20)23(30)29-22(27-19-10-6-17(25)7-11-19)14-21(28-29)26-18-8-4-16(24)5-9-18/h2-14,27H,1H3,(H,26,28). The molecule has 4 rings (SSSR count). The van der Waals surface area contributed by atoms with Crippen molar-refractivity contribution in [2.75, 3.05) is 17.7 Å². The van der Waals surface area contributed by atoms with E-state index in [1.807, 2.05) is 24.3 Å². The van der Waals surface area contributed by atoms with E-state index in [9.17, 15) is 4.79 Å². The van der Waals surface area contributed by atoms with Crippen molar-refractivity contribution >= 4 is 52.1 Å². The number of nitrogens with one attached hydrogen (secondary N) is 2. The van der Waals surface area contributed by atoms with Crippen molar-refractivity contribution in [2.45, 2.75) is 0 Å². The van der Waals surface area contributed by atoms with E-state index < -0.39 is 0 Å². The molecule has 0 spiro atoms. The minimum Gasteiger partial charge on any atom is -0.497 e. The number of rotatable bonds is 6. The minimum atomic E-state index is -0.289. The molecular formula is C23H18Cl2N4O2. The summed E-state index contributed by atoms with van der Waals surface area (Å²) in [5.74, 6) is 1.38. The van der Waals surface area contributed by atoms with E-state index in [1.54, 1.807) is 61.7 Å². The van der Waals surface area contributed by atoms with Gasteiger partial charge >= 0.3 is 0 Å². The van der Waals surface area contributed by atoms with Crippen molar-refractivity contribution in [3.63, 3.8) is 0 Å². The van der Waals surface area contributed by atoms with Gasteiger partial charge in [0.2, 0.25) is 0 Å². The molecule has 31 heavy (non-hydrogen) atoms. The fourth-order valence-electron chi connectivity index (χ4n) is 2.90. The van der Waals surface area contributed by atoms with E-state index in [0.29, 0.717) is 33.0 Å². The zero-order valence-electron chi connectivity index (χ0n) is 16.5. The number of methoxy groups -OCH3 is 1. The first kappa shape index (κ1) is 20.8. The fraction of sp³-hybridized carbons (Fsp3) is 0.0435. The summed E-state index contributed by atoms with van der Waals surface area (Å²) in [4.78, 5) is 13.2. The predicted molar refractivity (Wildman–Crippen MR) is 124 cm³/mol. The van der Waals surface area contributed by atoms with Crippen molar-refractivity contribution in [3.8, 4) is 5.75 Å². The first-order valence-corrected chi connectivity index (χ1v) is 10.1. The molecule has 1 aromatic heterocycles. The molecule has 2 N–H and O–H groups in total. The molecule has 8 heteroatoms. The third kappa shape index (κ3) is 4.99. The van der Waals surface area contributed by atoms with Gasteiger partial charge in [-0.25, -0.2) is 0 Å². The van der Waals surface area contributed by atoms with E-state index in [2.05, 4.69) is 15.7 Å². The van der Waals surface area contributed by atoms with E-state index in [4.69, 9.17) is 27.9 Å². The summed E-state index contributed by atoms with van der Waals surface area (Å²) in [6.45, 7) is 0. The lowest BCUT2D eigenvalue weighted by Gasteiger charge is -2.09. The van der Waals surface area contributed by atoms with Crippen molar-refractivity contribution in [3.05, 3.63) is 94.5 Å². The molecule has 0 saturated heterocycles. The van der Waals surface area contributed by atoms with E-state index in [0.717, 1.165) is 11.4 Å². The van der Waals surface area contributed by atoms with Crippen LogP contribution < -0.4 is 15.4 Å². The number of hydrogen-bond acceptors (Lipinski definition) is 5. The van der Waals surface area contributed by atoms with Crippen LogP contribution in [0, 0.1) is 0 Å². The first-order chi connectivity index (χ1) is 15.0. The second-order valence-electron chi connectivity index (χ2n) is 6.62. The van der Waals surface area contributed by atoms with Crippen LogP contribution >= 0.6 is 23.2 Å². The third-order valence-electron chi connectivity index (χ3n) is 4.47. The zero-order chi connectivity index (χ0) is 21.8. The van der Waals surface area contributed by atoms with Gasteiger partial charge in [0.25, 0.3) is 5.91 Å². The Bertz CT molecular complexity index is 1190. The van der Waals surface area contributed by atoms with Crippen LogP contribution in [0.25, 0.3) is 0 Å². The predicted octanol–water partition coefficient (Wildman–Crippen LogP) is 6.37. The highest BCUT2D eigenvalue weighted by atomic mass is 35.5. The van der Waals surface area contributed by atoms with E-state index in [-0.39, 0.29) is 5.91 Å². The lowest BCUT2D eigenvalue weighted by Crippen LogP contribution is -2.16. The van der Waals surface area contributed by atoms with E-state index >= 15 is 0 Å². The van der Waals surface area contributed by atoms with Gasteiger partial charge in [-0.1, -0.05) is 23.2 Å². The average molecular weight is 453 g/mol. The summed E-state index contributed by atoms with van der Waals surface area (Å²) in [6.07, 6.45) is 0. The molecule has 1 heterocycles. The molecule has 0 bridgehead atoms. The highest BCUT2D eigenvalue weighted by Crippen LogP contribution is 2.25.